The van der Waals surface area contributed by atoms with Gasteiger partial charge in [0.05, 0.1) is 0 Å². The smallest absolute Gasteiger partial charge is 0.204 e. The van der Waals surface area contributed by atoms with Gasteiger partial charge in [0.15, 0.2) is 0 Å². The highest BCUT2D eigenvalue weighted by atomic mass is 16.3. The van der Waals surface area contributed by atoms with Gasteiger partial charge in [0, 0.05) is 5.56 Å². The van der Waals surface area contributed by atoms with E-state index in [1.165, 1.54) is 5.57 Å². The summed E-state index contributed by atoms with van der Waals surface area (Å²) in [6.07, 6.45) is 4.68. The lowest BCUT2D eigenvalue weighted by molar-refractivity contribution is -0.106. The summed E-state index contributed by atoms with van der Waals surface area (Å²) in [4.78, 5) is 8.58. The quantitative estimate of drug-likeness (QED) is 0.663. The first kappa shape index (κ1) is 10.3. The molecule has 0 aliphatic heterocycles. The number of para-hydroxylation sites is 1. The van der Waals surface area contributed by atoms with Gasteiger partial charge in [0.2, 0.25) is 6.41 Å². The van der Waals surface area contributed by atoms with Gasteiger partial charge in [-0.05, 0) is 24.5 Å². The van der Waals surface area contributed by atoms with Crippen LogP contribution in [0.25, 0.3) is 5.57 Å². The van der Waals surface area contributed by atoms with E-state index in [2.05, 4.69) is 11.8 Å². The van der Waals surface area contributed by atoms with Gasteiger partial charge in [-0.2, -0.15) is 0 Å². The molecule has 14 heavy (non-hydrogen) atoms. The molecule has 0 bridgehead atoms. The molecule has 1 aliphatic rings. The minimum Gasteiger partial charge on any atom is -0.507 e. The Kier molecular flexibility index (Phi) is 3.73. The standard InChI is InChI=1S/C10H10O.CH3NO/c11-10-7-2-1-6-9(10)8-4-3-5-8;2-1-3/h1-2,4,6-7,11H,3,5H2;1H,(H2,2,3). The van der Waals surface area contributed by atoms with Crippen LogP contribution in [0.15, 0.2) is 30.3 Å². The second-order valence-electron chi connectivity index (χ2n) is 2.92. The van der Waals surface area contributed by atoms with Gasteiger partial charge in [-0.3, -0.25) is 4.79 Å². The molecule has 1 aromatic rings. The van der Waals surface area contributed by atoms with Gasteiger partial charge in [0.1, 0.15) is 5.75 Å². The van der Waals surface area contributed by atoms with Crippen LogP contribution in [0.3, 0.4) is 0 Å². The van der Waals surface area contributed by atoms with Crippen molar-refractivity contribution in [1.82, 2.24) is 0 Å². The van der Waals surface area contributed by atoms with Gasteiger partial charge < -0.3 is 10.8 Å². The first-order valence-electron chi connectivity index (χ1n) is 4.42. The highest BCUT2D eigenvalue weighted by Gasteiger charge is 2.10. The van der Waals surface area contributed by atoms with Crippen LogP contribution in [0.4, 0.5) is 0 Å². The Bertz CT molecular complexity index is 345. The minimum absolute atomic E-state index is 0.250. The maximum Gasteiger partial charge on any atom is 0.204 e. The van der Waals surface area contributed by atoms with Crippen molar-refractivity contribution < 1.29 is 9.90 Å². The molecule has 0 spiro atoms. The lowest BCUT2D eigenvalue weighted by Crippen LogP contribution is -1.92. The van der Waals surface area contributed by atoms with Crippen LogP contribution in [-0.2, 0) is 4.79 Å². The van der Waals surface area contributed by atoms with E-state index >= 15 is 0 Å². The van der Waals surface area contributed by atoms with Crippen molar-refractivity contribution in [1.29, 1.82) is 0 Å². The zero-order valence-electron chi connectivity index (χ0n) is 7.81. The average Bonchev–Trinajstić information content (AvgIpc) is 2.07. The van der Waals surface area contributed by atoms with Crippen molar-refractivity contribution in [2.75, 3.05) is 0 Å². The Morgan fingerprint density at radius 1 is 1.36 bits per heavy atom. The van der Waals surface area contributed by atoms with Crippen LogP contribution in [0.5, 0.6) is 5.75 Å². The average molecular weight is 191 g/mol. The SMILES string of the molecule is NC=O.Oc1ccccc1C1=CCC1. The maximum absolute atomic E-state index is 9.41. The van der Waals surface area contributed by atoms with E-state index in [9.17, 15) is 5.11 Å². The number of rotatable bonds is 1. The Morgan fingerprint density at radius 2 is 1.93 bits per heavy atom. The Hall–Kier alpha value is -1.77. The maximum atomic E-state index is 9.41. The minimum atomic E-state index is 0.250. The van der Waals surface area contributed by atoms with Gasteiger partial charge in [-0.15, -0.1) is 0 Å². The third-order valence-electron chi connectivity index (χ3n) is 2.05. The lowest BCUT2D eigenvalue weighted by Gasteiger charge is -2.15. The Morgan fingerprint density at radius 3 is 2.36 bits per heavy atom. The summed E-state index contributed by atoms with van der Waals surface area (Å²) in [7, 11) is 0. The van der Waals surface area contributed by atoms with Crippen LogP contribution in [0, 0.1) is 0 Å². The largest absolute Gasteiger partial charge is 0.507 e. The number of amides is 1. The normalized spacial score (nSPS) is 13.0. The van der Waals surface area contributed by atoms with Gasteiger partial charge >= 0.3 is 0 Å². The summed E-state index contributed by atoms with van der Waals surface area (Å²) >= 11 is 0. The van der Waals surface area contributed by atoms with Crippen molar-refractivity contribution in [2.45, 2.75) is 12.8 Å². The van der Waals surface area contributed by atoms with Crippen molar-refractivity contribution in [3.63, 3.8) is 0 Å². The van der Waals surface area contributed by atoms with Crippen molar-refractivity contribution in [3.8, 4) is 5.75 Å². The molecule has 0 saturated carbocycles. The van der Waals surface area contributed by atoms with E-state index < -0.39 is 0 Å². The van der Waals surface area contributed by atoms with Crippen molar-refractivity contribution >= 4 is 12.0 Å². The second-order valence-corrected chi connectivity index (χ2v) is 2.92. The number of phenolic OH excluding ortho intramolecular Hbond substituents is 1. The number of nitrogens with two attached hydrogens (primary N) is 1. The molecule has 0 aromatic heterocycles. The van der Waals surface area contributed by atoms with Crippen LogP contribution in [0.2, 0.25) is 0 Å². The number of benzene rings is 1. The second kappa shape index (κ2) is 5.07. The summed E-state index contributed by atoms with van der Waals surface area (Å²) in [5, 5.41) is 9.41. The molecule has 2 rings (SSSR count). The number of primary amides is 1. The van der Waals surface area contributed by atoms with E-state index in [0.717, 1.165) is 18.4 Å². The molecule has 1 amide bonds. The molecular formula is C11H13NO2. The Balaban J connectivity index is 0.000000293. The molecule has 0 heterocycles. The summed E-state index contributed by atoms with van der Waals surface area (Å²) in [5.74, 6) is 0.401. The number of hydrogen-bond acceptors (Lipinski definition) is 2. The van der Waals surface area contributed by atoms with Crippen LogP contribution in [0.1, 0.15) is 18.4 Å². The van der Waals surface area contributed by atoms with Crippen LogP contribution >= 0.6 is 0 Å². The van der Waals surface area contributed by atoms with Gasteiger partial charge in [-0.1, -0.05) is 24.3 Å². The first-order chi connectivity index (χ1) is 6.79. The number of aromatic hydroxyl groups is 1. The molecule has 0 saturated heterocycles. The Labute approximate surface area is 82.9 Å². The number of hydrogen-bond donors (Lipinski definition) is 2. The lowest BCUT2D eigenvalue weighted by atomic mass is 9.91. The van der Waals surface area contributed by atoms with E-state index in [4.69, 9.17) is 4.79 Å². The molecule has 3 nitrogen and oxygen atoms in total. The fraction of sp³-hybridized carbons (Fsp3) is 0.182. The molecule has 3 N–H and O–H groups in total. The third kappa shape index (κ3) is 2.36. The molecular weight excluding hydrogens is 178 g/mol. The predicted molar refractivity (Wildman–Crippen MR) is 55.6 cm³/mol. The monoisotopic (exact) mass is 191 g/mol. The van der Waals surface area contributed by atoms with Crippen molar-refractivity contribution in [3.05, 3.63) is 35.9 Å². The van der Waals surface area contributed by atoms with E-state index in [1.54, 1.807) is 6.07 Å². The summed E-state index contributed by atoms with van der Waals surface area (Å²) in [6, 6.07) is 7.49. The van der Waals surface area contributed by atoms with Crippen LogP contribution in [-0.4, -0.2) is 11.5 Å². The molecule has 1 aromatic carbocycles. The van der Waals surface area contributed by atoms with E-state index in [-0.39, 0.29) is 6.41 Å². The van der Waals surface area contributed by atoms with Crippen molar-refractivity contribution in [2.24, 2.45) is 5.73 Å². The van der Waals surface area contributed by atoms with E-state index in [1.807, 2.05) is 18.2 Å². The zero-order chi connectivity index (χ0) is 10.4. The highest BCUT2D eigenvalue weighted by Crippen LogP contribution is 2.33. The van der Waals surface area contributed by atoms with Gasteiger partial charge in [-0.25, -0.2) is 0 Å². The zero-order valence-corrected chi connectivity index (χ0v) is 7.81. The predicted octanol–water partition coefficient (Wildman–Crippen LogP) is 1.67. The number of carbonyl (C=O) groups is 1. The first-order valence-corrected chi connectivity index (χ1v) is 4.42. The molecule has 0 radical (unpaired) electrons. The fourth-order valence-electron chi connectivity index (χ4n) is 1.28. The number of allylic oxidation sites excluding steroid dienone is 2. The topological polar surface area (TPSA) is 63.3 Å². The summed E-state index contributed by atoms with van der Waals surface area (Å²) < 4.78 is 0. The molecule has 0 unspecified atom stereocenters. The fourth-order valence-corrected chi connectivity index (χ4v) is 1.28. The summed E-state index contributed by atoms with van der Waals surface area (Å²) in [6.45, 7) is 0. The molecule has 1 aliphatic carbocycles. The molecule has 3 heteroatoms. The van der Waals surface area contributed by atoms with E-state index in [0.29, 0.717) is 5.75 Å². The number of phenols is 1. The van der Waals surface area contributed by atoms with Gasteiger partial charge in [0.25, 0.3) is 0 Å². The molecule has 74 valence electrons. The highest BCUT2D eigenvalue weighted by molar-refractivity contribution is 5.73. The molecule has 0 atom stereocenters. The third-order valence-corrected chi connectivity index (χ3v) is 2.05. The molecule has 0 fully saturated rings. The summed E-state index contributed by atoms with van der Waals surface area (Å²) in [5.41, 5.74) is 6.45. The number of carbonyl (C=O) groups excluding carboxylic acids is 1. The van der Waals surface area contributed by atoms with Crippen LogP contribution < -0.4 is 5.73 Å².